The molecule has 28 heavy (non-hydrogen) atoms. The lowest BCUT2D eigenvalue weighted by Gasteiger charge is -2.12. The lowest BCUT2D eigenvalue weighted by Crippen LogP contribution is -2.39. The minimum Gasteiger partial charge on any atom is -0.380 e. The zero-order valence-corrected chi connectivity index (χ0v) is 20.5. The van der Waals surface area contributed by atoms with E-state index >= 15 is 0 Å². The molecule has 6 nitrogen and oxygen atoms in total. The molecule has 0 atom stereocenters. The Morgan fingerprint density at radius 3 is 2.50 bits per heavy atom. The van der Waals surface area contributed by atoms with Gasteiger partial charge in [0.1, 0.15) is 0 Å². The minimum absolute atomic E-state index is 0. The van der Waals surface area contributed by atoms with Crippen LogP contribution in [0.1, 0.15) is 39.2 Å². The van der Waals surface area contributed by atoms with Crippen molar-refractivity contribution in [1.29, 1.82) is 0 Å². The van der Waals surface area contributed by atoms with Crippen molar-refractivity contribution in [2.75, 3.05) is 38.6 Å². The zero-order valence-electron chi connectivity index (χ0n) is 17.3. The summed E-state index contributed by atoms with van der Waals surface area (Å²) in [6.07, 6.45) is 1.57. The van der Waals surface area contributed by atoms with Gasteiger partial charge < -0.3 is 15.4 Å². The molecule has 162 valence electrons. The Hall–Kier alpha value is -0.870. The quantitative estimate of drug-likeness (QED) is 0.179. The van der Waals surface area contributed by atoms with Crippen LogP contribution in [-0.2, 0) is 20.3 Å². The van der Waals surface area contributed by atoms with Crippen LogP contribution in [0.25, 0.3) is 0 Å². The number of nitrogens with zero attached hydrogens (tertiary/aromatic N) is 1. The molecule has 0 radical (unpaired) electrons. The van der Waals surface area contributed by atoms with E-state index in [1.54, 1.807) is 0 Å². The van der Waals surface area contributed by atoms with Crippen LogP contribution in [0.2, 0.25) is 0 Å². The normalized spacial score (nSPS) is 11.9. The number of hydrogen-bond donors (Lipinski definition) is 2. The molecule has 0 spiro atoms. The second-order valence-electron chi connectivity index (χ2n) is 6.91. The second-order valence-corrected chi connectivity index (χ2v) is 9.10. The number of guanidine groups is 1. The topological polar surface area (TPSA) is 79.8 Å². The van der Waals surface area contributed by atoms with Gasteiger partial charge in [-0.05, 0) is 31.2 Å². The van der Waals surface area contributed by atoms with Crippen molar-refractivity contribution in [2.24, 2.45) is 10.9 Å². The average molecular weight is 525 g/mol. The molecule has 0 aromatic heterocycles. The monoisotopic (exact) mass is 525 g/mol. The number of rotatable bonds is 13. The third-order valence-electron chi connectivity index (χ3n) is 3.84. The number of aliphatic imine (C=N–C) groups is 1. The molecule has 0 fully saturated rings. The van der Waals surface area contributed by atoms with Crippen molar-refractivity contribution < 1.29 is 13.2 Å². The molecule has 0 amide bonds. The standard InChI is InChI=1S/C20H35N3O3S.HI/c1-4-21-20(23-13-15-26-14-11-18(2)3)22-12-8-16-27(24,25)17-19-9-6-5-7-10-19;/h5-7,9-10,18H,4,8,11-17H2,1-3H3,(H2,21,22,23);1H. The number of nitrogens with one attached hydrogen (secondary N) is 2. The fourth-order valence-corrected chi connectivity index (χ4v) is 3.79. The van der Waals surface area contributed by atoms with Gasteiger partial charge in [0.25, 0.3) is 0 Å². The van der Waals surface area contributed by atoms with Gasteiger partial charge in [0.15, 0.2) is 15.8 Å². The molecule has 0 heterocycles. The highest BCUT2D eigenvalue weighted by Gasteiger charge is 2.11. The molecule has 0 aliphatic rings. The lowest BCUT2D eigenvalue weighted by molar-refractivity contribution is 0.128. The van der Waals surface area contributed by atoms with Crippen molar-refractivity contribution >= 4 is 39.8 Å². The molecule has 8 heteroatoms. The predicted molar refractivity (Wildman–Crippen MR) is 128 cm³/mol. The molecule has 0 saturated carbocycles. The lowest BCUT2D eigenvalue weighted by atomic mass is 10.1. The molecule has 0 aliphatic carbocycles. The summed E-state index contributed by atoms with van der Waals surface area (Å²) in [7, 11) is -3.11. The smallest absolute Gasteiger partial charge is 0.191 e. The van der Waals surface area contributed by atoms with Crippen LogP contribution in [0.15, 0.2) is 35.3 Å². The number of halogens is 1. The Bertz CT molecular complexity index is 637. The van der Waals surface area contributed by atoms with Crippen LogP contribution >= 0.6 is 24.0 Å². The van der Waals surface area contributed by atoms with Gasteiger partial charge in [0.2, 0.25) is 0 Å². The summed E-state index contributed by atoms with van der Waals surface area (Å²) in [5, 5.41) is 6.37. The van der Waals surface area contributed by atoms with Crippen LogP contribution in [0.4, 0.5) is 0 Å². The van der Waals surface area contributed by atoms with Gasteiger partial charge in [0, 0.05) is 26.2 Å². The molecule has 2 N–H and O–H groups in total. The molecule has 1 rings (SSSR count). The highest BCUT2D eigenvalue weighted by molar-refractivity contribution is 14.0. The number of ether oxygens (including phenoxy) is 1. The molecule has 0 aliphatic heterocycles. The molecule has 0 saturated heterocycles. The van der Waals surface area contributed by atoms with Gasteiger partial charge in [-0.25, -0.2) is 8.42 Å². The summed E-state index contributed by atoms with van der Waals surface area (Å²) in [5.41, 5.74) is 0.827. The van der Waals surface area contributed by atoms with Crippen molar-refractivity contribution in [3.05, 3.63) is 35.9 Å². The van der Waals surface area contributed by atoms with E-state index in [4.69, 9.17) is 4.74 Å². The maximum atomic E-state index is 12.2. The molecular formula is C20H36IN3O3S. The van der Waals surface area contributed by atoms with E-state index < -0.39 is 9.84 Å². The third-order valence-corrected chi connectivity index (χ3v) is 5.52. The van der Waals surface area contributed by atoms with Crippen LogP contribution in [0.5, 0.6) is 0 Å². The Balaban J connectivity index is 0.00000729. The van der Waals surface area contributed by atoms with E-state index in [0.29, 0.717) is 38.0 Å². The molecule has 1 aromatic carbocycles. The van der Waals surface area contributed by atoms with Gasteiger partial charge >= 0.3 is 0 Å². The first-order chi connectivity index (χ1) is 12.9. The van der Waals surface area contributed by atoms with Gasteiger partial charge in [-0.1, -0.05) is 44.2 Å². The van der Waals surface area contributed by atoms with E-state index in [1.165, 1.54) is 0 Å². The molecule has 0 unspecified atom stereocenters. The summed E-state index contributed by atoms with van der Waals surface area (Å²) in [5.74, 6) is 1.58. The van der Waals surface area contributed by atoms with Crippen LogP contribution < -0.4 is 10.6 Å². The predicted octanol–water partition coefficient (Wildman–Crippen LogP) is 3.23. The van der Waals surface area contributed by atoms with Crippen LogP contribution in [0.3, 0.4) is 0 Å². The first kappa shape index (κ1) is 27.1. The number of sulfone groups is 1. The van der Waals surface area contributed by atoms with Crippen molar-refractivity contribution in [3.8, 4) is 0 Å². The summed E-state index contributed by atoms with van der Waals surface area (Å²) in [6.45, 7) is 9.66. The van der Waals surface area contributed by atoms with E-state index in [9.17, 15) is 8.42 Å². The third kappa shape index (κ3) is 14.2. The summed E-state index contributed by atoms with van der Waals surface area (Å²) >= 11 is 0. The van der Waals surface area contributed by atoms with Crippen LogP contribution in [-0.4, -0.2) is 53.0 Å². The van der Waals surface area contributed by atoms with Crippen molar-refractivity contribution in [3.63, 3.8) is 0 Å². The van der Waals surface area contributed by atoms with Crippen molar-refractivity contribution in [2.45, 2.75) is 39.4 Å². The Kier molecular flexibility index (Phi) is 15.5. The Morgan fingerprint density at radius 2 is 1.86 bits per heavy atom. The van der Waals surface area contributed by atoms with Gasteiger partial charge in [-0.15, -0.1) is 24.0 Å². The first-order valence-electron chi connectivity index (χ1n) is 9.77. The minimum atomic E-state index is -3.11. The summed E-state index contributed by atoms with van der Waals surface area (Å²) in [4.78, 5) is 4.44. The first-order valence-corrected chi connectivity index (χ1v) is 11.6. The fraction of sp³-hybridized carbons (Fsp3) is 0.650. The molecule has 0 bridgehead atoms. The Labute approximate surface area is 187 Å². The fourth-order valence-electron chi connectivity index (χ4n) is 2.38. The number of benzene rings is 1. The summed E-state index contributed by atoms with van der Waals surface area (Å²) in [6, 6.07) is 9.28. The van der Waals surface area contributed by atoms with E-state index in [1.807, 2.05) is 37.3 Å². The van der Waals surface area contributed by atoms with E-state index in [0.717, 1.165) is 25.1 Å². The van der Waals surface area contributed by atoms with E-state index in [-0.39, 0.29) is 35.5 Å². The van der Waals surface area contributed by atoms with Gasteiger partial charge in [-0.3, -0.25) is 4.99 Å². The maximum absolute atomic E-state index is 12.2. The van der Waals surface area contributed by atoms with E-state index in [2.05, 4.69) is 29.5 Å². The SMILES string of the molecule is CCNC(=NCCCS(=O)(=O)Cc1ccccc1)NCCOCCC(C)C.I. The highest BCUT2D eigenvalue weighted by Crippen LogP contribution is 2.07. The van der Waals surface area contributed by atoms with Gasteiger partial charge in [0.05, 0.1) is 18.1 Å². The average Bonchev–Trinajstić information content (AvgIpc) is 2.61. The highest BCUT2D eigenvalue weighted by atomic mass is 127. The molecule has 1 aromatic rings. The summed E-state index contributed by atoms with van der Waals surface area (Å²) < 4.78 is 30.0. The zero-order chi connectivity index (χ0) is 20.0. The van der Waals surface area contributed by atoms with Gasteiger partial charge in [-0.2, -0.15) is 0 Å². The van der Waals surface area contributed by atoms with Crippen LogP contribution in [0, 0.1) is 5.92 Å². The largest absolute Gasteiger partial charge is 0.380 e. The number of hydrogen-bond acceptors (Lipinski definition) is 4. The molecular weight excluding hydrogens is 489 g/mol. The van der Waals surface area contributed by atoms with Crippen molar-refractivity contribution in [1.82, 2.24) is 10.6 Å². The maximum Gasteiger partial charge on any atom is 0.191 e. The second kappa shape index (κ2) is 16.0. The Morgan fingerprint density at radius 1 is 1.14 bits per heavy atom.